The molecule has 4 rings (SSSR count). The zero-order chi connectivity index (χ0) is 20.4. The molecule has 156 valence electrons. The van der Waals surface area contributed by atoms with Gasteiger partial charge in [-0.3, -0.25) is 9.69 Å². The SMILES string of the molecule is COc1cccc(OC)c1CN1CCC2(CC1)C[C@@H]2C(=O)N(C)Cc1cscn1. The molecule has 2 heterocycles. The fraction of sp³-hybridized carbons (Fsp3) is 0.545. The number of carbonyl (C=O) groups is 1. The Labute approximate surface area is 176 Å². The number of piperidine rings is 1. The number of carbonyl (C=O) groups excluding carboxylic acids is 1. The Balaban J connectivity index is 1.33. The zero-order valence-electron chi connectivity index (χ0n) is 17.4. The summed E-state index contributed by atoms with van der Waals surface area (Å²) in [7, 11) is 5.30. The summed E-state index contributed by atoms with van der Waals surface area (Å²) >= 11 is 1.57. The number of benzene rings is 1. The first-order valence-electron chi connectivity index (χ1n) is 10.1. The minimum absolute atomic E-state index is 0.175. The van der Waals surface area contributed by atoms with Gasteiger partial charge in [0.1, 0.15) is 11.5 Å². The highest BCUT2D eigenvalue weighted by molar-refractivity contribution is 7.07. The van der Waals surface area contributed by atoms with Crippen molar-refractivity contribution in [3.8, 4) is 11.5 Å². The van der Waals surface area contributed by atoms with Crippen LogP contribution in [-0.4, -0.2) is 55.0 Å². The average molecular weight is 416 g/mol. The van der Waals surface area contributed by atoms with Crippen molar-refractivity contribution in [3.05, 3.63) is 40.3 Å². The fourth-order valence-corrected chi connectivity index (χ4v) is 5.17. The number of methoxy groups -OCH3 is 2. The number of aromatic nitrogens is 1. The topological polar surface area (TPSA) is 54.9 Å². The lowest BCUT2D eigenvalue weighted by Gasteiger charge is -2.33. The highest BCUT2D eigenvalue weighted by Crippen LogP contribution is 2.60. The number of hydrogen-bond acceptors (Lipinski definition) is 6. The van der Waals surface area contributed by atoms with Crippen LogP contribution in [0.2, 0.25) is 0 Å². The van der Waals surface area contributed by atoms with Crippen molar-refractivity contribution < 1.29 is 14.3 Å². The summed E-state index contributed by atoms with van der Waals surface area (Å²) in [5.74, 6) is 2.19. The van der Waals surface area contributed by atoms with Gasteiger partial charge in [0, 0.05) is 24.9 Å². The van der Waals surface area contributed by atoms with Crippen LogP contribution in [0.5, 0.6) is 11.5 Å². The van der Waals surface area contributed by atoms with Crippen LogP contribution in [0.1, 0.15) is 30.5 Å². The molecule has 0 bridgehead atoms. The average Bonchev–Trinajstić information content (AvgIpc) is 3.18. The summed E-state index contributed by atoms with van der Waals surface area (Å²) in [5.41, 5.74) is 4.09. The lowest BCUT2D eigenvalue weighted by molar-refractivity contribution is -0.133. The monoisotopic (exact) mass is 415 g/mol. The Hall–Kier alpha value is -2.12. The van der Waals surface area contributed by atoms with E-state index in [9.17, 15) is 4.79 Å². The lowest BCUT2D eigenvalue weighted by atomic mass is 9.90. The minimum Gasteiger partial charge on any atom is -0.496 e. The number of likely N-dealkylation sites (tertiary alicyclic amines) is 1. The predicted octanol–water partition coefficient (Wildman–Crippen LogP) is 3.42. The van der Waals surface area contributed by atoms with Crippen LogP contribution < -0.4 is 9.47 Å². The Bertz CT molecular complexity index is 825. The van der Waals surface area contributed by atoms with Crippen molar-refractivity contribution in [1.29, 1.82) is 0 Å². The molecule has 1 spiro atoms. The van der Waals surface area contributed by atoms with Crippen molar-refractivity contribution in [3.63, 3.8) is 0 Å². The maximum atomic E-state index is 12.9. The molecular formula is C22H29N3O3S. The van der Waals surface area contributed by atoms with Gasteiger partial charge in [-0.05, 0) is 49.9 Å². The third-order valence-electron chi connectivity index (χ3n) is 6.51. The van der Waals surface area contributed by atoms with Gasteiger partial charge in [-0.15, -0.1) is 11.3 Å². The highest BCUT2D eigenvalue weighted by atomic mass is 32.1. The van der Waals surface area contributed by atoms with E-state index < -0.39 is 0 Å². The Morgan fingerprint density at radius 3 is 2.55 bits per heavy atom. The summed E-state index contributed by atoms with van der Waals surface area (Å²) in [6.07, 6.45) is 3.18. The third-order valence-corrected chi connectivity index (χ3v) is 7.15. The maximum absolute atomic E-state index is 12.9. The number of thiazole rings is 1. The van der Waals surface area contributed by atoms with Gasteiger partial charge >= 0.3 is 0 Å². The molecule has 1 aliphatic heterocycles. The third kappa shape index (κ3) is 4.12. The molecule has 2 aromatic rings. The Morgan fingerprint density at radius 2 is 1.97 bits per heavy atom. The van der Waals surface area contributed by atoms with E-state index in [1.54, 1.807) is 25.6 Å². The van der Waals surface area contributed by atoms with Crippen molar-refractivity contribution in [1.82, 2.24) is 14.8 Å². The number of nitrogens with zero attached hydrogens (tertiary/aromatic N) is 3. The molecule has 6 nitrogen and oxygen atoms in total. The Kier molecular flexibility index (Phi) is 5.79. The number of rotatable bonds is 7. The standard InChI is InChI=1S/C22H29N3O3S/c1-24(12-16-14-29-15-23-16)21(26)18-11-22(18)7-9-25(10-8-22)13-17-19(27-2)5-4-6-20(17)28-3/h4-6,14-15,18H,7-13H2,1-3H3/t18-/m1/s1. The Morgan fingerprint density at radius 1 is 1.28 bits per heavy atom. The van der Waals surface area contributed by atoms with Crippen LogP contribution in [0, 0.1) is 11.3 Å². The molecule has 0 N–H and O–H groups in total. The molecule has 2 fully saturated rings. The second-order valence-corrected chi connectivity index (χ2v) is 8.93. The fourth-order valence-electron chi connectivity index (χ4n) is 4.62. The van der Waals surface area contributed by atoms with E-state index in [0.717, 1.165) is 61.7 Å². The van der Waals surface area contributed by atoms with Gasteiger partial charge in [-0.1, -0.05) is 6.07 Å². The summed E-state index contributed by atoms with van der Waals surface area (Å²) in [6.45, 7) is 3.42. The summed E-state index contributed by atoms with van der Waals surface area (Å²) in [5, 5.41) is 2.01. The molecule has 29 heavy (non-hydrogen) atoms. The van der Waals surface area contributed by atoms with Crippen molar-refractivity contribution >= 4 is 17.2 Å². The first-order valence-corrected chi connectivity index (χ1v) is 11.0. The van der Waals surface area contributed by atoms with Gasteiger partial charge in [0.05, 0.1) is 37.5 Å². The molecule has 1 aromatic heterocycles. The first-order chi connectivity index (χ1) is 14.1. The van der Waals surface area contributed by atoms with Gasteiger partial charge in [0.25, 0.3) is 0 Å². The molecule has 0 radical (unpaired) electrons. The van der Waals surface area contributed by atoms with E-state index in [1.807, 2.05) is 41.0 Å². The molecular weight excluding hydrogens is 386 g/mol. The molecule has 1 aromatic carbocycles. The van der Waals surface area contributed by atoms with Gasteiger partial charge in [0.15, 0.2) is 0 Å². The predicted molar refractivity (Wildman–Crippen MR) is 113 cm³/mol. The van der Waals surface area contributed by atoms with Crippen LogP contribution >= 0.6 is 11.3 Å². The van der Waals surface area contributed by atoms with E-state index in [2.05, 4.69) is 9.88 Å². The largest absolute Gasteiger partial charge is 0.496 e. The van der Waals surface area contributed by atoms with E-state index in [4.69, 9.17) is 9.47 Å². The second kappa shape index (κ2) is 8.32. The number of ether oxygens (including phenoxy) is 2. The highest BCUT2D eigenvalue weighted by Gasteiger charge is 2.59. The molecule has 0 unspecified atom stereocenters. The molecule has 1 saturated carbocycles. The van der Waals surface area contributed by atoms with E-state index in [0.29, 0.717) is 6.54 Å². The van der Waals surface area contributed by atoms with Gasteiger partial charge in [0.2, 0.25) is 5.91 Å². The van der Waals surface area contributed by atoms with Crippen LogP contribution in [-0.2, 0) is 17.9 Å². The quantitative estimate of drug-likeness (QED) is 0.694. The minimum atomic E-state index is 0.175. The maximum Gasteiger partial charge on any atom is 0.226 e. The van der Waals surface area contributed by atoms with E-state index >= 15 is 0 Å². The molecule has 2 aliphatic rings. The second-order valence-electron chi connectivity index (χ2n) is 8.21. The summed E-state index contributed by atoms with van der Waals surface area (Å²) in [4.78, 5) is 21.5. The van der Waals surface area contributed by atoms with Crippen molar-refractivity contribution in [2.45, 2.75) is 32.4 Å². The van der Waals surface area contributed by atoms with E-state index in [1.165, 1.54) is 0 Å². The van der Waals surface area contributed by atoms with Crippen molar-refractivity contribution in [2.75, 3.05) is 34.4 Å². The summed E-state index contributed by atoms with van der Waals surface area (Å²) in [6, 6.07) is 5.92. The number of amides is 1. The van der Waals surface area contributed by atoms with E-state index in [-0.39, 0.29) is 17.2 Å². The van der Waals surface area contributed by atoms with Crippen molar-refractivity contribution in [2.24, 2.45) is 11.3 Å². The molecule has 1 amide bonds. The molecule has 7 heteroatoms. The van der Waals surface area contributed by atoms with Gasteiger partial charge < -0.3 is 14.4 Å². The van der Waals surface area contributed by atoms with Crippen LogP contribution in [0.15, 0.2) is 29.1 Å². The molecule has 1 atom stereocenters. The van der Waals surface area contributed by atoms with Gasteiger partial charge in [-0.25, -0.2) is 4.98 Å². The first kappa shape index (κ1) is 20.2. The van der Waals surface area contributed by atoms with Crippen LogP contribution in [0.25, 0.3) is 0 Å². The van der Waals surface area contributed by atoms with Gasteiger partial charge in [-0.2, -0.15) is 0 Å². The van der Waals surface area contributed by atoms with Crippen LogP contribution in [0.4, 0.5) is 0 Å². The molecule has 1 saturated heterocycles. The number of hydrogen-bond donors (Lipinski definition) is 0. The zero-order valence-corrected chi connectivity index (χ0v) is 18.2. The normalized spacial score (nSPS) is 20.4. The smallest absolute Gasteiger partial charge is 0.226 e. The molecule has 1 aliphatic carbocycles. The summed E-state index contributed by atoms with van der Waals surface area (Å²) < 4.78 is 11.1. The lowest BCUT2D eigenvalue weighted by Crippen LogP contribution is -2.37. The van der Waals surface area contributed by atoms with Crippen LogP contribution in [0.3, 0.4) is 0 Å².